The maximum absolute atomic E-state index is 14.9. The topological polar surface area (TPSA) is 32.8 Å². The number of nitrogens with zero attached hydrogens (tertiary/aromatic N) is 2. The fourth-order valence-corrected chi connectivity index (χ4v) is 11.9. The average Bonchev–Trinajstić information content (AvgIpc) is 2.67. The molecule has 0 aliphatic carbocycles. The summed E-state index contributed by atoms with van der Waals surface area (Å²) in [7, 11) is 0.561. The fraction of sp³-hybridized carbons (Fsp3) is 0.520. The number of rotatable bonds is 6. The van der Waals surface area contributed by atoms with E-state index in [4.69, 9.17) is 4.52 Å². The Morgan fingerprint density at radius 3 is 1.94 bits per heavy atom. The third-order valence-electron chi connectivity index (χ3n) is 6.67. The molecule has 0 saturated heterocycles. The Hall–Kier alpha value is -1.39. The molecule has 3 rings (SSSR count). The highest BCUT2D eigenvalue weighted by Crippen LogP contribution is 2.66. The predicted octanol–water partition coefficient (Wildman–Crippen LogP) is 5.24. The molecule has 2 aromatic carbocycles. The largest absolute Gasteiger partial charge is 0.378 e. The number of hydrogen-bond acceptors (Lipinski definition) is 3. The molecule has 4 nitrogen and oxygen atoms in total. The normalized spacial score (nSPS) is 19.3. The van der Waals surface area contributed by atoms with Crippen molar-refractivity contribution in [1.82, 2.24) is 4.67 Å². The van der Waals surface area contributed by atoms with E-state index in [1.165, 1.54) is 32.8 Å². The summed E-state index contributed by atoms with van der Waals surface area (Å²) in [5.74, 6) is 0. The van der Waals surface area contributed by atoms with Crippen molar-refractivity contribution in [2.75, 3.05) is 26.1 Å². The highest BCUT2D eigenvalue weighted by atomic mass is 31.2. The van der Waals surface area contributed by atoms with E-state index in [2.05, 4.69) is 108 Å². The first-order valence-electron chi connectivity index (χ1n) is 11.2. The standard InChI is InChI=1S/C25H39N2O2PSi/c1-17(2)27(18(3)4)30(28,29-8)25-21-13-11-19(5)15-23(21)31(9,10)24-16-20(26(6)7)12-14-22(24)25/h11-18,25H,1-10H3. The summed E-state index contributed by atoms with van der Waals surface area (Å²) in [4.78, 5) is 2.15. The van der Waals surface area contributed by atoms with E-state index < -0.39 is 15.6 Å². The smallest absolute Gasteiger partial charge is 0.284 e. The van der Waals surface area contributed by atoms with Gasteiger partial charge in [0.15, 0.2) is 0 Å². The summed E-state index contributed by atoms with van der Waals surface area (Å²) in [6.07, 6.45) is 0. The molecule has 2 atom stereocenters. The van der Waals surface area contributed by atoms with Gasteiger partial charge in [-0.15, -0.1) is 0 Å². The van der Waals surface area contributed by atoms with Gasteiger partial charge >= 0.3 is 0 Å². The van der Waals surface area contributed by atoms with E-state index in [0.29, 0.717) is 0 Å². The molecule has 0 amide bonds. The molecular weight excluding hydrogens is 419 g/mol. The summed E-state index contributed by atoms with van der Waals surface area (Å²) in [6, 6.07) is 13.6. The number of anilines is 1. The molecule has 0 aromatic heterocycles. The van der Waals surface area contributed by atoms with E-state index in [0.717, 1.165) is 0 Å². The van der Waals surface area contributed by atoms with E-state index in [1.54, 1.807) is 7.11 Å². The van der Waals surface area contributed by atoms with Gasteiger partial charge in [-0.1, -0.05) is 42.9 Å². The molecule has 0 bridgehead atoms. The van der Waals surface area contributed by atoms with Gasteiger partial charge in [0, 0.05) is 39.0 Å². The molecule has 6 heteroatoms. The second-order valence-corrected chi connectivity index (χ2v) is 16.9. The molecule has 0 radical (unpaired) electrons. The van der Waals surface area contributed by atoms with Crippen molar-refractivity contribution in [3.8, 4) is 0 Å². The molecule has 2 unspecified atom stereocenters. The molecule has 1 aliphatic heterocycles. The van der Waals surface area contributed by atoms with Crippen molar-refractivity contribution >= 4 is 31.7 Å². The minimum atomic E-state index is -3.23. The van der Waals surface area contributed by atoms with Crippen molar-refractivity contribution in [2.45, 2.75) is 65.5 Å². The molecular formula is C25H39N2O2PSi. The Morgan fingerprint density at radius 2 is 1.45 bits per heavy atom. The number of benzene rings is 2. The minimum Gasteiger partial charge on any atom is -0.378 e. The molecule has 0 spiro atoms. The lowest BCUT2D eigenvalue weighted by atomic mass is 10.0. The molecule has 170 valence electrons. The maximum atomic E-state index is 14.9. The van der Waals surface area contributed by atoms with Crippen molar-refractivity contribution in [2.24, 2.45) is 0 Å². The first-order chi connectivity index (χ1) is 14.4. The van der Waals surface area contributed by atoms with Crippen LogP contribution in [0.2, 0.25) is 13.1 Å². The van der Waals surface area contributed by atoms with Crippen LogP contribution in [-0.4, -0.2) is 46.0 Å². The monoisotopic (exact) mass is 458 g/mol. The third-order valence-corrected chi connectivity index (χ3v) is 13.5. The summed E-state index contributed by atoms with van der Waals surface area (Å²) in [6.45, 7) is 15.4. The van der Waals surface area contributed by atoms with Gasteiger partial charge in [0.1, 0.15) is 8.07 Å². The Kier molecular flexibility index (Phi) is 6.66. The third kappa shape index (κ3) is 3.95. The quantitative estimate of drug-likeness (QED) is 0.438. The van der Waals surface area contributed by atoms with Gasteiger partial charge in [-0.05, 0) is 68.3 Å². The van der Waals surface area contributed by atoms with Crippen LogP contribution in [0.3, 0.4) is 0 Å². The van der Waals surface area contributed by atoms with E-state index in [1.807, 2.05) is 0 Å². The zero-order valence-corrected chi connectivity index (χ0v) is 22.7. The first-order valence-corrected chi connectivity index (χ1v) is 15.9. The summed E-state index contributed by atoms with van der Waals surface area (Å²) >= 11 is 0. The van der Waals surface area contributed by atoms with Crippen molar-refractivity contribution < 1.29 is 9.09 Å². The lowest BCUT2D eigenvalue weighted by Gasteiger charge is -2.46. The van der Waals surface area contributed by atoms with Crippen LogP contribution in [0.4, 0.5) is 5.69 Å². The number of fused-ring (bicyclic) bond motifs is 2. The average molecular weight is 459 g/mol. The fourth-order valence-electron chi connectivity index (χ4n) is 5.29. The molecule has 1 heterocycles. The second-order valence-electron chi connectivity index (χ2n) is 10.1. The Bertz CT molecular complexity index is 1010. The van der Waals surface area contributed by atoms with E-state index in [9.17, 15) is 4.57 Å². The van der Waals surface area contributed by atoms with Crippen LogP contribution in [0.25, 0.3) is 0 Å². The van der Waals surface area contributed by atoms with Crippen molar-refractivity contribution in [3.05, 3.63) is 53.1 Å². The second kappa shape index (κ2) is 8.51. The predicted molar refractivity (Wildman–Crippen MR) is 137 cm³/mol. The number of hydrogen-bond donors (Lipinski definition) is 0. The SMILES string of the molecule is COP(=O)(C1c2ccc(C)cc2[Si](C)(C)c2cc(N(C)C)ccc21)N(C(C)C)C(C)C. The molecule has 2 aromatic rings. The summed E-state index contributed by atoms with van der Waals surface area (Å²) < 4.78 is 23.0. The summed E-state index contributed by atoms with van der Waals surface area (Å²) in [5, 5.41) is 2.75. The zero-order chi connectivity index (χ0) is 23.3. The molecule has 0 saturated carbocycles. The van der Waals surface area contributed by atoms with Crippen LogP contribution in [0.5, 0.6) is 0 Å². The van der Waals surface area contributed by atoms with Gasteiger partial charge in [0.05, 0.1) is 5.66 Å². The highest BCUT2D eigenvalue weighted by Gasteiger charge is 2.50. The molecule has 31 heavy (non-hydrogen) atoms. The van der Waals surface area contributed by atoms with Gasteiger partial charge in [-0.25, -0.2) is 4.67 Å². The Balaban J connectivity index is 2.40. The van der Waals surface area contributed by atoms with Gasteiger partial charge in [0.2, 0.25) is 0 Å². The Labute approximate surface area is 190 Å². The van der Waals surface area contributed by atoms with E-state index >= 15 is 0 Å². The van der Waals surface area contributed by atoms with Crippen LogP contribution in [0.15, 0.2) is 36.4 Å². The molecule has 1 aliphatic rings. The molecule has 0 N–H and O–H groups in total. The van der Waals surface area contributed by atoms with Crippen LogP contribution >= 0.6 is 7.52 Å². The number of aryl methyl sites for hydroxylation is 1. The van der Waals surface area contributed by atoms with Crippen LogP contribution in [0.1, 0.15) is 50.0 Å². The lowest BCUT2D eigenvalue weighted by Crippen LogP contribution is -2.59. The van der Waals surface area contributed by atoms with Gasteiger partial charge < -0.3 is 9.42 Å². The van der Waals surface area contributed by atoms with Crippen LogP contribution in [0, 0.1) is 6.92 Å². The van der Waals surface area contributed by atoms with Gasteiger partial charge in [-0.3, -0.25) is 4.57 Å². The van der Waals surface area contributed by atoms with Crippen molar-refractivity contribution in [1.29, 1.82) is 0 Å². The minimum absolute atomic E-state index is 0.108. The van der Waals surface area contributed by atoms with Crippen molar-refractivity contribution in [3.63, 3.8) is 0 Å². The maximum Gasteiger partial charge on any atom is 0.284 e. The molecule has 0 fully saturated rings. The lowest BCUT2D eigenvalue weighted by molar-refractivity contribution is 0.238. The first kappa shape index (κ1) is 24.3. The Morgan fingerprint density at radius 1 is 0.935 bits per heavy atom. The summed E-state index contributed by atoms with van der Waals surface area (Å²) in [5.41, 5.74) is 4.51. The van der Waals surface area contributed by atoms with Crippen LogP contribution < -0.4 is 15.3 Å². The van der Waals surface area contributed by atoms with Gasteiger partial charge in [-0.2, -0.15) is 0 Å². The highest BCUT2D eigenvalue weighted by molar-refractivity contribution is 7.57. The van der Waals surface area contributed by atoms with E-state index in [-0.39, 0.29) is 17.7 Å². The van der Waals surface area contributed by atoms with Crippen LogP contribution in [-0.2, 0) is 9.09 Å². The van der Waals surface area contributed by atoms with Gasteiger partial charge in [0.25, 0.3) is 7.52 Å². The zero-order valence-electron chi connectivity index (χ0n) is 20.9.